The van der Waals surface area contributed by atoms with Crippen LogP contribution in [0.25, 0.3) is 0 Å². The lowest BCUT2D eigenvalue weighted by Crippen LogP contribution is -2.64. The number of nitrogens with two attached hydrogens (primary N) is 2. The molecule has 1 aliphatic rings. The average Bonchev–Trinajstić information content (AvgIpc) is 3.11. The molecule has 1 heterocycles. The maximum atomic E-state index is 13.3. The quantitative estimate of drug-likeness (QED) is 0.0758. The van der Waals surface area contributed by atoms with Crippen molar-refractivity contribution in [2.45, 2.75) is 88.1 Å². The molecule has 1 aliphatic heterocycles. The van der Waals surface area contributed by atoms with Gasteiger partial charge in [-0.3, -0.25) is 19.2 Å². The molecular formula is C24H44N6O9. The molecule has 0 bridgehead atoms. The molecule has 3 amide bonds. The van der Waals surface area contributed by atoms with Gasteiger partial charge in [-0.2, -0.15) is 0 Å². The number of nitrogens with zero attached hydrogens (tertiary/aromatic N) is 1. The number of carbonyl (C=O) groups excluding carboxylic acids is 5. The average molecular weight is 561 g/mol. The lowest BCUT2D eigenvalue weighted by atomic mass is 9.90. The summed E-state index contributed by atoms with van der Waals surface area (Å²) in [6.07, 6.45) is -5.11. The van der Waals surface area contributed by atoms with E-state index in [0.717, 1.165) is 4.90 Å². The molecule has 1 rings (SSSR count). The molecule has 0 aromatic carbocycles. The number of hydrogen-bond acceptors (Lipinski definition) is 12. The van der Waals surface area contributed by atoms with Crippen molar-refractivity contribution >= 4 is 29.8 Å². The van der Waals surface area contributed by atoms with E-state index in [1.54, 1.807) is 13.8 Å². The smallest absolute Gasteiger partial charge is 0.243 e. The fraction of sp³-hybridized carbons (Fsp3) is 0.792. The number of ketones is 1. The van der Waals surface area contributed by atoms with Crippen LogP contribution in [-0.4, -0.2) is 130 Å². The highest BCUT2D eigenvalue weighted by Crippen LogP contribution is 2.33. The van der Waals surface area contributed by atoms with Crippen LogP contribution in [0.5, 0.6) is 0 Å². The first-order valence-electron chi connectivity index (χ1n) is 12.9. The van der Waals surface area contributed by atoms with Gasteiger partial charge >= 0.3 is 0 Å². The number of hydrogen-bond donors (Lipinski definition) is 9. The van der Waals surface area contributed by atoms with Crippen molar-refractivity contribution in [1.82, 2.24) is 20.9 Å². The minimum Gasteiger partial charge on any atom is -0.392 e. The summed E-state index contributed by atoms with van der Waals surface area (Å²) in [5, 5.41) is 49.3. The first-order valence-corrected chi connectivity index (χ1v) is 12.9. The van der Waals surface area contributed by atoms with Gasteiger partial charge in [0.2, 0.25) is 17.7 Å². The van der Waals surface area contributed by atoms with Crippen LogP contribution in [0.3, 0.4) is 0 Å². The number of aliphatic hydroxyl groups excluding tert-OH is 4. The van der Waals surface area contributed by atoms with Crippen molar-refractivity contribution in [3.63, 3.8) is 0 Å². The fourth-order valence-electron chi connectivity index (χ4n) is 4.74. The third-order valence-corrected chi connectivity index (χ3v) is 7.06. The molecule has 224 valence electrons. The van der Waals surface area contributed by atoms with Crippen LogP contribution in [0.15, 0.2) is 0 Å². The molecule has 0 aliphatic carbocycles. The number of primary amides is 1. The number of Topliss-reactive ketones (excluding diaryl/α,β-unsaturated/α-hetero) is 1. The molecular weight excluding hydrogens is 516 g/mol. The summed E-state index contributed by atoms with van der Waals surface area (Å²) in [5.41, 5.74) is 9.24. The molecule has 1 fully saturated rings. The number of aliphatic hydroxyl groups is 4. The largest absolute Gasteiger partial charge is 0.392 e. The summed E-state index contributed by atoms with van der Waals surface area (Å²) in [4.78, 5) is 62.1. The molecule has 0 saturated carbocycles. The SMILES string of the molecule is CC[C@@H](O)[C@H](NC(=O)C(N)C[C@@H](O)CNC[C@@]1(C=O)[C@@H](O)[C@@H](C)CN1C(=O)[C@@H](NC)[C@H](O)CC(N)=O)C(C)=O. The van der Waals surface area contributed by atoms with Gasteiger partial charge in [0, 0.05) is 25.6 Å². The van der Waals surface area contributed by atoms with E-state index in [-0.39, 0.29) is 32.5 Å². The zero-order valence-corrected chi connectivity index (χ0v) is 22.9. The van der Waals surface area contributed by atoms with Crippen molar-refractivity contribution < 1.29 is 44.4 Å². The van der Waals surface area contributed by atoms with Crippen LogP contribution >= 0.6 is 0 Å². The molecule has 0 aromatic heterocycles. The Kier molecular flexibility index (Phi) is 13.5. The van der Waals surface area contributed by atoms with E-state index in [2.05, 4.69) is 16.0 Å². The number of likely N-dealkylation sites (tertiary alicyclic amines) is 1. The second-order valence-electron chi connectivity index (χ2n) is 10.2. The summed E-state index contributed by atoms with van der Waals surface area (Å²) in [6, 6.07) is -3.62. The van der Waals surface area contributed by atoms with E-state index in [4.69, 9.17) is 11.5 Å². The number of rotatable bonds is 17. The van der Waals surface area contributed by atoms with E-state index >= 15 is 0 Å². The summed E-state index contributed by atoms with van der Waals surface area (Å²) < 4.78 is 0. The first-order chi connectivity index (χ1) is 18.2. The lowest BCUT2D eigenvalue weighted by molar-refractivity contribution is -0.147. The molecule has 1 unspecified atom stereocenters. The van der Waals surface area contributed by atoms with Crippen LogP contribution in [0.4, 0.5) is 0 Å². The predicted molar refractivity (Wildman–Crippen MR) is 139 cm³/mol. The Hall–Kier alpha value is -2.53. The van der Waals surface area contributed by atoms with E-state index in [0.29, 0.717) is 6.29 Å². The Balaban J connectivity index is 2.88. The Bertz CT molecular complexity index is 877. The van der Waals surface area contributed by atoms with Crippen molar-refractivity contribution in [3.8, 4) is 0 Å². The van der Waals surface area contributed by atoms with Gasteiger partial charge in [-0.15, -0.1) is 0 Å². The predicted octanol–water partition coefficient (Wildman–Crippen LogP) is -4.90. The van der Waals surface area contributed by atoms with Crippen LogP contribution in [0, 0.1) is 5.92 Å². The van der Waals surface area contributed by atoms with Crippen molar-refractivity contribution in [1.29, 1.82) is 0 Å². The fourth-order valence-corrected chi connectivity index (χ4v) is 4.74. The molecule has 39 heavy (non-hydrogen) atoms. The Morgan fingerprint density at radius 3 is 2.26 bits per heavy atom. The van der Waals surface area contributed by atoms with Crippen molar-refractivity contribution in [2.24, 2.45) is 17.4 Å². The molecule has 1 saturated heterocycles. The molecule has 9 atom stereocenters. The third kappa shape index (κ3) is 8.73. The van der Waals surface area contributed by atoms with Crippen LogP contribution in [0.2, 0.25) is 0 Å². The lowest BCUT2D eigenvalue weighted by Gasteiger charge is -2.38. The van der Waals surface area contributed by atoms with E-state index in [9.17, 15) is 44.4 Å². The molecule has 15 heteroatoms. The maximum absolute atomic E-state index is 13.3. The molecule has 0 spiro atoms. The van der Waals surface area contributed by atoms with Gasteiger partial charge in [-0.1, -0.05) is 13.8 Å². The number of amides is 3. The molecule has 0 aromatic rings. The second-order valence-corrected chi connectivity index (χ2v) is 10.2. The van der Waals surface area contributed by atoms with Gasteiger partial charge in [0.1, 0.15) is 23.9 Å². The highest BCUT2D eigenvalue weighted by molar-refractivity contribution is 5.90. The van der Waals surface area contributed by atoms with Gasteiger partial charge in [-0.05, 0) is 26.8 Å². The van der Waals surface area contributed by atoms with E-state index in [1.165, 1.54) is 14.0 Å². The maximum Gasteiger partial charge on any atom is 0.243 e. The van der Waals surface area contributed by atoms with Crippen LogP contribution in [0.1, 0.15) is 40.0 Å². The zero-order valence-electron chi connectivity index (χ0n) is 22.9. The van der Waals surface area contributed by atoms with Gasteiger partial charge in [0.25, 0.3) is 0 Å². The summed E-state index contributed by atoms with van der Waals surface area (Å²) in [6.45, 7) is 4.04. The minimum atomic E-state index is -1.75. The Morgan fingerprint density at radius 1 is 1.15 bits per heavy atom. The number of likely N-dealkylation sites (N-methyl/N-ethyl adjacent to an activating group) is 1. The highest BCUT2D eigenvalue weighted by Gasteiger charge is 2.55. The molecule has 11 N–H and O–H groups in total. The number of nitrogens with one attached hydrogen (secondary N) is 3. The van der Waals surface area contributed by atoms with Gasteiger partial charge in [0.05, 0.1) is 36.9 Å². The number of carbonyl (C=O) groups is 5. The summed E-state index contributed by atoms with van der Waals surface area (Å²) in [7, 11) is 1.39. The van der Waals surface area contributed by atoms with Crippen molar-refractivity contribution in [2.75, 3.05) is 26.7 Å². The molecule has 15 nitrogen and oxygen atoms in total. The van der Waals surface area contributed by atoms with Crippen molar-refractivity contribution in [3.05, 3.63) is 0 Å². The van der Waals surface area contributed by atoms with Gasteiger partial charge in [-0.25, -0.2) is 0 Å². The third-order valence-electron chi connectivity index (χ3n) is 7.06. The van der Waals surface area contributed by atoms with Crippen LogP contribution in [-0.2, 0) is 24.0 Å². The summed E-state index contributed by atoms with van der Waals surface area (Å²) >= 11 is 0. The Morgan fingerprint density at radius 2 is 1.77 bits per heavy atom. The van der Waals surface area contributed by atoms with E-state index in [1.807, 2.05) is 0 Å². The van der Waals surface area contributed by atoms with E-state index < -0.39 is 83.9 Å². The van der Waals surface area contributed by atoms with Crippen LogP contribution < -0.4 is 27.4 Å². The Labute approximate surface area is 227 Å². The second kappa shape index (κ2) is 15.3. The first kappa shape index (κ1) is 34.5. The van der Waals surface area contributed by atoms with Gasteiger partial charge < -0.3 is 57.5 Å². The minimum absolute atomic E-state index is 0.0174. The van der Waals surface area contributed by atoms with Gasteiger partial charge in [0.15, 0.2) is 5.78 Å². The topological polar surface area (TPSA) is 258 Å². The monoisotopic (exact) mass is 560 g/mol. The zero-order chi connectivity index (χ0) is 30.1. The summed E-state index contributed by atoms with van der Waals surface area (Å²) in [5.74, 6) is -3.25. The highest BCUT2D eigenvalue weighted by atomic mass is 16.3. The number of aldehydes is 1. The molecule has 0 radical (unpaired) electrons. The standard InChI is InChI=1S/C24H44N6O9/c1-5-16(34)19(13(3)32)29-22(38)15(25)6-14(33)8-28-10-24(11-31)21(37)12(2)9-30(24)23(39)20(27-4)17(35)7-18(26)36/h11-12,14-17,19-21,27-28,33-35,37H,5-10,25H2,1-4H3,(H2,26,36)(H,29,38)/t12-,14+,15?,16+,17+,19+,20-,21-,24+/m0/s1. The normalized spacial score (nSPS) is 25.7.